The molecule has 2 rings (SSSR count). The summed E-state index contributed by atoms with van der Waals surface area (Å²) in [6, 6.07) is 9.43. The lowest BCUT2D eigenvalue weighted by molar-refractivity contribution is 0.267. The van der Waals surface area contributed by atoms with E-state index in [1.807, 2.05) is 24.3 Å². The van der Waals surface area contributed by atoms with Gasteiger partial charge in [0.1, 0.15) is 11.4 Å². The zero-order valence-corrected chi connectivity index (χ0v) is 11.1. The van der Waals surface area contributed by atoms with Crippen molar-refractivity contribution in [1.82, 2.24) is 5.16 Å². The quantitative estimate of drug-likeness (QED) is 0.776. The summed E-state index contributed by atoms with van der Waals surface area (Å²) in [7, 11) is 0. The maximum absolute atomic E-state index is 8.94. The fourth-order valence-corrected chi connectivity index (χ4v) is 1.78. The highest BCUT2D eigenvalue weighted by Crippen LogP contribution is 2.23. The first-order chi connectivity index (χ1) is 9.33. The Morgan fingerprint density at radius 1 is 1.21 bits per heavy atom. The van der Waals surface area contributed by atoms with E-state index in [0.29, 0.717) is 11.5 Å². The number of nitrogens with zero attached hydrogens (tertiary/aromatic N) is 1. The average molecular weight is 261 g/mol. The zero-order chi connectivity index (χ0) is 13.5. The molecule has 0 bridgehead atoms. The fourth-order valence-electron chi connectivity index (χ4n) is 1.78. The van der Waals surface area contributed by atoms with Crippen LogP contribution in [0.1, 0.15) is 31.9 Å². The number of aromatic nitrogens is 1. The van der Waals surface area contributed by atoms with Crippen molar-refractivity contribution in [3.63, 3.8) is 0 Å². The fraction of sp³-hybridized carbons (Fsp3) is 0.400. The molecule has 1 aromatic carbocycles. The minimum Gasteiger partial charge on any atom is -0.494 e. The van der Waals surface area contributed by atoms with Gasteiger partial charge in [0.25, 0.3) is 0 Å². The van der Waals surface area contributed by atoms with Crippen molar-refractivity contribution in [2.75, 3.05) is 6.61 Å². The predicted octanol–water partition coefficient (Wildman–Crippen LogP) is 3.40. The summed E-state index contributed by atoms with van der Waals surface area (Å²) in [5, 5.41) is 12.7. The van der Waals surface area contributed by atoms with E-state index in [0.717, 1.165) is 24.3 Å². The van der Waals surface area contributed by atoms with Crippen LogP contribution in [0, 0.1) is 0 Å². The van der Waals surface area contributed by atoms with Crippen LogP contribution in [0.5, 0.6) is 5.75 Å². The van der Waals surface area contributed by atoms with E-state index in [1.54, 1.807) is 6.07 Å². The van der Waals surface area contributed by atoms with Crippen molar-refractivity contribution in [3.8, 4) is 17.1 Å². The number of aliphatic hydroxyl groups excluding tert-OH is 1. The Labute approximate surface area is 113 Å². The van der Waals surface area contributed by atoms with Crippen LogP contribution in [0.4, 0.5) is 0 Å². The lowest BCUT2D eigenvalue weighted by Gasteiger charge is -2.05. The van der Waals surface area contributed by atoms with Gasteiger partial charge in [-0.15, -0.1) is 0 Å². The van der Waals surface area contributed by atoms with E-state index >= 15 is 0 Å². The maximum atomic E-state index is 8.94. The Kier molecular flexibility index (Phi) is 4.98. The second kappa shape index (κ2) is 6.95. The van der Waals surface area contributed by atoms with Gasteiger partial charge in [0.05, 0.1) is 13.2 Å². The molecule has 0 aliphatic heterocycles. The van der Waals surface area contributed by atoms with E-state index in [1.165, 1.54) is 12.8 Å². The number of rotatable bonds is 7. The van der Waals surface area contributed by atoms with E-state index in [-0.39, 0.29) is 6.61 Å². The molecule has 0 saturated carbocycles. The van der Waals surface area contributed by atoms with Gasteiger partial charge in [-0.1, -0.05) is 24.9 Å². The highest BCUT2D eigenvalue weighted by molar-refractivity contribution is 5.58. The molecular weight excluding hydrogens is 242 g/mol. The molecule has 1 N–H and O–H groups in total. The van der Waals surface area contributed by atoms with Crippen molar-refractivity contribution in [2.45, 2.75) is 32.8 Å². The van der Waals surface area contributed by atoms with Crippen LogP contribution in [0.3, 0.4) is 0 Å². The Bertz CT molecular complexity index is 490. The van der Waals surface area contributed by atoms with Crippen LogP contribution in [-0.2, 0) is 6.61 Å². The summed E-state index contributed by atoms with van der Waals surface area (Å²) in [5.74, 6) is 1.52. The van der Waals surface area contributed by atoms with Gasteiger partial charge in [-0.25, -0.2) is 0 Å². The molecule has 102 valence electrons. The molecule has 0 amide bonds. The third-order valence-electron chi connectivity index (χ3n) is 2.88. The van der Waals surface area contributed by atoms with E-state index in [4.69, 9.17) is 14.4 Å². The van der Waals surface area contributed by atoms with Crippen molar-refractivity contribution in [2.24, 2.45) is 0 Å². The second-order valence-corrected chi connectivity index (χ2v) is 4.42. The highest BCUT2D eigenvalue weighted by Gasteiger charge is 2.06. The average Bonchev–Trinajstić information content (AvgIpc) is 2.93. The van der Waals surface area contributed by atoms with Gasteiger partial charge in [-0.05, 0) is 30.7 Å². The van der Waals surface area contributed by atoms with Crippen LogP contribution in [0.15, 0.2) is 34.9 Å². The Hall–Kier alpha value is -1.81. The van der Waals surface area contributed by atoms with Crippen LogP contribution < -0.4 is 4.74 Å². The second-order valence-electron chi connectivity index (χ2n) is 4.42. The number of unbranched alkanes of at least 4 members (excludes halogenated alkanes) is 2. The third-order valence-corrected chi connectivity index (χ3v) is 2.88. The lowest BCUT2D eigenvalue weighted by atomic mass is 10.1. The van der Waals surface area contributed by atoms with Crippen molar-refractivity contribution >= 4 is 0 Å². The molecule has 0 fully saturated rings. The Morgan fingerprint density at radius 3 is 2.63 bits per heavy atom. The number of hydrogen-bond donors (Lipinski definition) is 1. The molecule has 0 spiro atoms. The number of ether oxygens (including phenoxy) is 1. The number of aliphatic hydroxyl groups is 1. The minimum absolute atomic E-state index is 0.109. The summed E-state index contributed by atoms with van der Waals surface area (Å²) in [5.41, 5.74) is 1.46. The Morgan fingerprint density at radius 2 is 2.00 bits per heavy atom. The van der Waals surface area contributed by atoms with Gasteiger partial charge in [0, 0.05) is 11.6 Å². The molecule has 19 heavy (non-hydrogen) atoms. The monoisotopic (exact) mass is 261 g/mol. The molecule has 0 unspecified atom stereocenters. The Balaban J connectivity index is 1.94. The largest absolute Gasteiger partial charge is 0.494 e. The summed E-state index contributed by atoms with van der Waals surface area (Å²) in [6.07, 6.45) is 3.47. The van der Waals surface area contributed by atoms with Gasteiger partial charge in [0.2, 0.25) is 0 Å². The molecule has 0 aliphatic rings. The normalized spacial score (nSPS) is 10.6. The predicted molar refractivity (Wildman–Crippen MR) is 72.9 cm³/mol. The molecule has 1 aromatic heterocycles. The molecular formula is C15H19NO3. The third kappa shape index (κ3) is 3.83. The SMILES string of the molecule is CCCCCOc1ccc(-c2cc(CO)no2)cc1. The summed E-state index contributed by atoms with van der Waals surface area (Å²) in [4.78, 5) is 0. The van der Waals surface area contributed by atoms with E-state index in [2.05, 4.69) is 12.1 Å². The highest BCUT2D eigenvalue weighted by atomic mass is 16.5. The van der Waals surface area contributed by atoms with E-state index < -0.39 is 0 Å². The molecule has 2 aromatic rings. The first-order valence-electron chi connectivity index (χ1n) is 6.63. The van der Waals surface area contributed by atoms with Crippen LogP contribution in [0.2, 0.25) is 0 Å². The molecule has 0 aliphatic carbocycles. The maximum Gasteiger partial charge on any atom is 0.167 e. The summed E-state index contributed by atoms with van der Waals surface area (Å²) < 4.78 is 10.8. The number of hydrogen-bond acceptors (Lipinski definition) is 4. The zero-order valence-electron chi connectivity index (χ0n) is 11.1. The molecule has 1 heterocycles. The van der Waals surface area contributed by atoms with Gasteiger partial charge in [0.15, 0.2) is 5.76 Å². The summed E-state index contributed by atoms with van der Waals surface area (Å²) in [6.45, 7) is 2.82. The van der Waals surface area contributed by atoms with E-state index in [9.17, 15) is 0 Å². The van der Waals surface area contributed by atoms with Crippen molar-refractivity contribution < 1.29 is 14.4 Å². The van der Waals surface area contributed by atoms with Crippen molar-refractivity contribution in [3.05, 3.63) is 36.0 Å². The van der Waals surface area contributed by atoms with Gasteiger partial charge in [-0.2, -0.15) is 0 Å². The summed E-state index contributed by atoms with van der Waals surface area (Å²) >= 11 is 0. The van der Waals surface area contributed by atoms with Gasteiger partial charge in [-0.3, -0.25) is 0 Å². The smallest absolute Gasteiger partial charge is 0.167 e. The molecule has 4 heteroatoms. The van der Waals surface area contributed by atoms with Gasteiger partial charge < -0.3 is 14.4 Å². The first-order valence-corrected chi connectivity index (χ1v) is 6.63. The first kappa shape index (κ1) is 13.6. The standard InChI is InChI=1S/C15H19NO3/c1-2-3-4-9-18-14-7-5-12(6-8-14)15-10-13(11-17)16-19-15/h5-8,10,17H,2-4,9,11H2,1H3. The van der Waals surface area contributed by atoms with Crippen LogP contribution >= 0.6 is 0 Å². The number of benzene rings is 1. The van der Waals surface area contributed by atoms with Crippen LogP contribution in [0.25, 0.3) is 11.3 Å². The van der Waals surface area contributed by atoms with Gasteiger partial charge >= 0.3 is 0 Å². The topological polar surface area (TPSA) is 55.5 Å². The molecule has 4 nitrogen and oxygen atoms in total. The van der Waals surface area contributed by atoms with Crippen molar-refractivity contribution in [1.29, 1.82) is 0 Å². The molecule has 0 radical (unpaired) electrons. The molecule has 0 saturated heterocycles. The molecule has 0 atom stereocenters. The van der Waals surface area contributed by atoms with Crippen LogP contribution in [-0.4, -0.2) is 16.9 Å². The minimum atomic E-state index is -0.109. The lowest BCUT2D eigenvalue weighted by Crippen LogP contribution is -1.96.